The van der Waals surface area contributed by atoms with E-state index in [4.69, 9.17) is 0 Å². The van der Waals surface area contributed by atoms with Gasteiger partial charge in [0.25, 0.3) is 0 Å². The second-order valence-electron chi connectivity index (χ2n) is 2.65. The largest absolute Gasteiger partial charge is 0.523 e. The van der Waals surface area contributed by atoms with E-state index in [9.17, 15) is 13.2 Å². The van der Waals surface area contributed by atoms with E-state index in [0.717, 1.165) is 19.3 Å². The normalized spacial score (nSPS) is 22.1. The van der Waals surface area contributed by atoms with E-state index in [0.29, 0.717) is 12.8 Å². The van der Waals surface area contributed by atoms with Gasteiger partial charge in [-0.3, -0.25) is 4.74 Å². The zero-order chi connectivity index (χ0) is 8.32. The second-order valence-corrected chi connectivity index (χ2v) is 2.65. The van der Waals surface area contributed by atoms with Gasteiger partial charge in [0.1, 0.15) is 6.10 Å². The molecule has 4 heteroatoms. The molecule has 1 rings (SSSR count). The van der Waals surface area contributed by atoms with Crippen molar-refractivity contribution in [1.82, 2.24) is 0 Å². The van der Waals surface area contributed by atoms with Crippen molar-refractivity contribution in [2.24, 2.45) is 0 Å². The van der Waals surface area contributed by atoms with E-state index >= 15 is 0 Å². The van der Waals surface area contributed by atoms with E-state index < -0.39 is 6.36 Å². The van der Waals surface area contributed by atoms with Gasteiger partial charge in [-0.05, 0) is 12.8 Å². The zero-order valence-corrected chi connectivity index (χ0v) is 6.08. The number of hydrogen-bond acceptors (Lipinski definition) is 1. The summed E-state index contributed by atoms with van der Waals surface area (Å²) in [6.07, 6.45) is -0.670. The minimum absolute atomic E-state index is 0.198. The Balaban J connectivity index is 2.24. The summed E-state index contributed by atoms with van der Waals surface area (Å²) in [6.45, 7) is 0. The Bertz CT molecular complexity index is 115. The summed E-state index contributed by atoms with van der Waals surface area (Å²) in [7, 11) is 0. The van der Waals surface area contributed by atoms with Crippen LogP contribution in [-0.2, 0) is 4.74 Å². The number of hydrogen-bond donors (Lipinski definition) is 0. The van der Waals surface area contributed by atoms with Crippen LogP contribution >= 0.6 is 0 Å². The van der Waals surface area contributed by atoms with Crippen molar-refractivity contribution in [1.29, 1.82) is 0 Å². The Morgan fingerprint density at radius 3 is 2.00 bits per heavy atom. The first-order valence-electron chi connectivity index (χ1n) is 3.68. The topological polar surface area (TPSA) is 9.23 Å². The van der Waals surface area contributed by atoms with Crippen molar-refractivity contribution in [3.05, 3.63) is 6.10 Å². The van der Waals surface area contributed by atoms with Crippen LogP contribution in [-0.4, -0.2) is 6.36 Å². The first-order valence-corrected chi connectivity index (χ1v) is 3.68. The van der Waals surface area contributed by atoms with Gasteiger partial charge < -0.3 is 0 Å². The van der Waals surface area contributed by atoms with Crippen LogP contribution in [0.15, 0.2) is 0 Å². The number of halogens is 3. The molecule has 0 bridgehead atoms. The smallest absolute Gasteiger partial charge is 0.282 e. The Hall–Kier alpha value is -0.250. The standard InChI is InChI=1S/C7H10F3O/c8-7(9,10)11-6-4-2-1-3-5-6/h1-5H2. The minimum atomic E-state index is -4.48. The third kappa shape index (κ3) is 3.60. The fourth-order valence-electron chi connectivity index (χ4n) is 1.21. The molecule has 65 valence electrons. The van der Waals surface area contributed by atoms with E-state index in [1.165, 1.54) is 0 Å². The SMILES string of the molecule is FC(F)(F)O[C]1CCCCC1. The highest BCUT2D eigenvalue weighted by Gasteiger charge is 2.34. The van der Waals surface area contributed by atoms with Gasteiger partial charge in [-0.1, -0.05) is 19.3 Å². The molecule has 0 N–H and O–H groups in total. The molecule has 0 heterocycles. The summed E-state index contributed by atoms with van der Waals surface area (Å²) in [6, 6.07) is 0. The Labute approximate surface area is 63.5 Å². The Morgan fingerprint density at radius 1 is 1.00 bits per heavy atom. The van der Waals surface area contributed by atoms with Crippen LogP contribution in [0.25, 0.3) is 0 Å². The summed E-state index contributed by atoms with van der Waals surface area (Å²) in [4.78, 5) is 0. The summed E-state index contributed by atoms with van der Waals surface area (Å²) in [5.74, 6) is 0. The first-order chi connectivity index (χ1) is 5.08. The van der Waals surface area contributed by atoms with E-state index in [1.807, 2.05) is 0 Å². The maximum atomic E-state index is 11.6. The van der Waals surface area contributed by atoms with Gasteiger partial charge >= 0.3 is 6.36 Å². The molecule has 0 aromatic rings. The van der Waals surface area contributed by atoms with Crippen molar-refractivity contribution >= 4 is 0 Å². The van der Waals surface area contributed by atoms with Crippen LogP contribution in [0.2, 0.25) is 0 Å². The molecule has 11 heavy (non-hydrogen) atoms. The molecule has 1 saturated carbocycles. The first kappa shape index (κ1) is 8.84. The molecule has 0 atom stereocenters. The average molecular weight is 167 g/mol. The lowest BCUT2D eigenvalue weighted by molar-refractivity contribution is -0.322. The lowest BCUT2D eigenvalue weighted by atomic mass is 9.98. The van der Waals surface area contributed by atoms with Crippen LogP contribution in [0.5, 0.6) is 0 Å². The highest BCUT2D eigenvalue weighted by molar-refractivity contribution is 4.82. The molecular weight excluding hydrogens is 157 g/mol. The van der Waals surface area contributed by atoms with Gasteiger partial charge in [0.15, 0.2) is 0 Å². The number of rotatable bonds is 1. The average Bonchev–Trinajstić information content (AvgIpc) is 1.85. The third-order valence-electron chi connectivity index (χ3n) is 1.67. The van der Waals surface area contributed by atoms with Crippen LogP contribution in [0.4, 0.5) is 13.2 Å². The summed E-state index contributed by atoms with van der Waals surface area (Å²) < 4.78 is 38.6. The second kappa shape index (κ2) is 3.43. The van der Waals surface area contributed by atoms with E-state index in [2.05, 4.69) is 4.74 Å². The molecule has 1 radical (unpaired) electrons. The van der Waals surface area contributed by atoms with E-state index in [-0.39, 0.29) is 6.10 Å². The fourth-order valence-corrected chi connectivity index (χ4v) is 1.21. The molecule has 0 amide bonds. The highest BCUT2D eigenvalue weighted by Crippen LogP contribution is 2.32. The predicted octanol–water partition coefficient (Wildman–Crippen LogP) is 3.02. The molecule has 0 aromatic carbocycles. The van der Waals surface area contributed by atoms with Gasteiger partial charge in [0, 0.05) is 0 Å². The third-order valence-corrected chi connectivity index (χ3v) is 1.67. The maximum absolute atomic E-state index is 11.6. The van der Waals surface area contributed by atoms with Gasteiger partial charge in [0.05, 0.1) is 0 Å². The van der Waals surface area contributed by atoms with Gasteiger partial charge in [-0.15, -0.1) is 13.2 Å². The van der Waals surface area contributed by atoms with Crippen molar-refractivity contribution in [3.8, 4) is 0 Å². The Kier molecular flexibility index (Phi) is 2.76. The van der Waals surface area contributed by atoms with Crippen molar-refractivity contribution in [3.63, 3.8) is 0 Å². The summed E-state index contributed by atoms with van der Waals surface area (Å²) in [5.41, 5.74) is 0. The van der Waals surface area contributed by atoms with Gasteiger partial charge in [-0.25, -0.2) is 0 Å². The Morgan fingerprint density at radius 2 is 1.55 bits per heavy atom. The molecule has 1 fully saturated rings. The van der Waals surface area contributed by atoms with Crippen LogP contribution in [0.1, 0.15) is 32.1 Å². The molecular formula is C7H10F3O. The monoisotopic (exact) mass is 167 g/mol. The molecule has 0 unspecified atom stereocenters. The van der Waals surface area contributed by atoms with E-state index in [1.54, 1.807) is 0 Å². The molecule has 1 aliphatic rings. The van der Waals surface area contributed by atoms with Crippen LogP contribution < -0.4 is 0 Å². The highest BCUT2D eigenvalue weighted by atomic mass is 19.4. The van der Waals surface area contributed by atoms with Crippen LogP contribution in [0.3, 0.4) is 0 Å². The predicted molar refractivity (Wildman–Crippen MR) is 33.5 cm³/mol. The molecule has 0 aliphatic heterocycles. The molecule has 0 spiro atoms. The number of alkyl halides is 3. The zero-order valence-electron chi connectivity index (χ0n) is 6.08. The van der Waals surface area contributed by atoms with Gasteiger partial charge in [0.2, 0.25) is 0 Å². The van der Waals surface area contributed by atoms with Crippen molar-refractivity contribution in [2.75, 3.05) is 0 Å². The van der Waals surface area contributed by atoms with Crippen molar-refractivity contribution in [2.45, 2.75) is 38.5 Å². The number of ether oxygens (including phenoxy) is 1. The lowest BCUT2D eigenvalue weighted by Crippen LogP contribution is -2.19. The van der Waals surface area contributed by atoms with Crippen molar-refractivity contribution < 1.29 is 17.9 Å². The van der Waals surface area contributed by atoms with Gasteiger partial charge in [-0.2, -0.15) is 0 Å². The minimum Gasteiger partial charge on any atom is -0.282 e. The molecule has 0 aromatic heterocycles. The summed E-state index contributed by atoms with van der Waals surface area (Å²) >= 11 is 0. The molecule has 1 nitrogen and oxygen atoms in total. The summed E-state index contributed by atoms with van der Waals surface area (Å²) in [5, 5.41) is 0. The molecule has 0 saturated heterocycles. The maximum Gasteiger partial charge on any atom is 0.523 e. The quantitative estimate of drug-likeness (QED) is 0.583. The van der Waals surface area contributed by atoms with Crippen LogP contribution in [0, 0.1) is 6.10 Å². The fraction of sp³-hybridized carbons (Fsp3) is 0.857. The lowest BCUT2D eigenvalue weighted by Gasteiger charge is -2.21. The molecule has 1 aliphatic carbocycles.